The van der Waals surface area contributed by atoms with Gasteiger partial charge in [-0.15, -0.1) is 22.7 Å². The first-order valence-electron chi connectivity index (χ1n) is 8.39. The quantitative estimate of drug-likeness (QED) is 0.463. The van der Waals surface area contributed by atoms with Gasteiger partial charge in [0.05, 0.1) is 5.56 Å². The second-order valence-electron chi connectivity index (χ2n) is 5.74. The van der Waals surface area contributed by atoms with Crippen molar-refractivity contribution in [2.24, 2.45) is 0 Å². The molecule has 7 heteroatoms. The zero-order valence-corrected chi connectivity index (χ0v) is 16.5. The van der Waals surface area contributed by atoms with Crippen LogP contribution in [0.4, 0.5) is 5.00 Å². The summed E-state index contributed by atoms with van der Waals surface area (Å²) in [6.07, 6.45) is 1.99. The van der Waals surface area contributed by atoms with E-state index in [-0.39, 0.29) is 0 Å². The summed E-state index contributed by atoms with van der Waals surface area (Å²) in [4.78, 5) is 26.1. The van der Waals surface area contributed by atoms with Crippen LogP contribution in [0.3, 0.4) is 0 Å². The fourth-order valence-electron chi connectivity index (χ4n) is 2.32. The fraction of sp³-hybridized carbons (Fsp3) is 0.0952. The van der Waals surface area contributed by atoms with Crippen molar-refractivity contribution < 1.29 is 14.3 Å². The van der Waals surface area contributed by atoms with Crippen molar-refractivity contribution in [3.63, 3.8) is 0 Å². The Morgan fingerprint density at radius 3 is 2.71 bits per heavy atom. The van der Waals surface area contributed by atoms with Crippen LogP contribution in [0.15, 0.2) is 60.0 Å². The van der Waals surface area contributed by atoms with Gasteiger partial charge in [0.15, 0.2) is 6.10 Å². The highest BCUT2D eigenvalue weighted by atomic mass is 32.1. The summed E-state index contributed by atoms with van der Waals surface area (Å²) in [6, 6.07) is 17.5. The Labute approximate surface area is 170 Å². The molecule has 0 aliphatic carbocycles. The number of nitriles is 1. The molecule has 0 saturated heterocycles. The van der Waals surface area contributed by atoms with E-state index in [2.05, 4.69) is 5.32 Å². The molecule has 28 heavy (non-hydrogen) atoms. The molecule has 0 fully saturated rings. The summed E-state index contributed by atoms with van der Waals surface area (Å²) >= 11 is 2.80. The Morgan fingerprint density at radius 2 is 1.96 bits per heavy atom. The van der Waals surface area contributed by atoms with Crippen LogP contribution in [0.2, 0.25) is 0 Å². The molecule has 0 radical (unpaired) electrons. The van der Waals surface area contributed by atoms with E-state index < -0.39 is 18.0 Å². The molecule has 3 aromatic rings. The van der Waals surface area contributed by atoms with E-state index in [1.54, 1.807) is 28.9 Å². The number of anilines is 1. The molecule has 0 saturated carbocycles. The highest BCUT2D eigenvalue weighted by Gasteiger charge is 2.18. The second-order valence-corrected chi connectivity index (χ2v) is 7.78. The smallest absolute Gasteiger partial charge is 0.331 e. The Hall–Kier alpha value is -3.21. The summed E-state index contributed by atoms with van der Waals surface area (Å²) in [6.45, 7) is 1.49. The van der Waals surface area contributed by atoms with Gasteiger partial charge < -0.3 is 10.1 Å². The van der Waals surface area contributed by atoms with Gasteiger partial charge in [0.1, 0.15) is 11.1 Å². The number of thiophene rings is 2. The molecule has 5 nitrogen and oxygen atoms in total. The topological polar surface area (TPSA) is 79.2 Å². The van der Waals surface area contributed by atoms with Crippen LogP contribution in [-0.2, 0) is 14.3 Å². The summed E-state index contributed by atoms with van der Waals surface area (Å²) in [5.74, 6) is -1.09. The highest BCUT2D eigenvalue weighted by molar-refractivity contribution is 7.16. The molecular weight excluding hydrogens is 392 g/mol. The van der Waals surface area contributed by atoms with E-state index in [9.17, 15) is 9.59 Å². The van der Waals surface area contributed by atoms with Gasteiger partial charge in [0, 0.05) is 15.8 Å². The molecule has 0 spiro atoms. The number of ether oxygens (including phenoxy) is 1. The van der Waals surface area contributed by atoms with E-state index in [1.807, 2.05) is 48.5 Å². The molecule has 1 unspecified atom stereocenters. The van der Waals surface area contributed by atoms with Crippen molar-refractivity contribution in [2.75, 3.05) is 5.32 Å². The Balaban J connectivity index is 1.55. The summed E-state index contributed by atoms with van der Waals surface area (Å²) in [5.41, 5.74) is 1.49. The van der Waals surface area contributed by atoms with Crippen LogP contribution in [0.25, 0.3) is 16.5 Å². The summed E-state index contributed by atoms with van der Waals surface area (Å²) in [5, 5.41) is 13.7. The molecule has 0 bridgehead atoms. The van der Waals surface area contributed by atoms with Gasteiger partial charge in [0.2, 0.25) is 0 Å². The largest absolute Gasteiger partial charge is 0.449 e. The molecule has 140 valence electrons. The first-order chi connectivity index (χ1) is 13.6. The first kappa shape index (κ1) is 19.5. The lowest BCUT2D eigenvalue weighted by Crippen LogP contribution is -2.29. The molecule has 1 aromatic carbocycles. The normalized spacial score (nSPS) is 11.7. The molecule has 0 aliphatic rings. The average molecular weight is 409 g/mol. The lowest BCUT2D eigenvalue weighted by atomic mass is 10.2. The van der Waals surface area contributed by atoms with Gasteiger partial charge in [-0.25, -0.2) is 4.79 Å². The number of benzene rings is 1. The fourth-order valence-corrected chi connectivity index (χ4v) is 3.98. The van der Waals surface area contributed by atoms with E-state index in [1.165, 1.54) is 24.3 Å². The molecule has 3 rings (SSSR count). The third kappa shape index (κ3) is 4.94. The van der Waals surface area contributed by atoms with Crippen LogP contribution in [-0.4, -0.2) is 18.0 Å². The van der Waals surface area contributed by atoms with Crippen LogP contribution in [0.5, 0.6) is 0 Å². The Kier molecular flexibility index (Phi) is 6.37. The minimum atomic E-state index is -0.978. The Morgan fingerprint density at radius 1 is 1.18 bits per heavy atom. The molecule has 1 amide bonds. The van der Waals surface area contributed by atoms with Crippen molar-refractivity contribution in [3.05, 3.63) is 70.4 Å². The number of esters is 1. The van der Waals surface area contributed by atoms with Crippen LogP contribution >= 0.6 is 22.7 Å². The molecule has 1 atom stereocenters. The molecular formula is C21H16N2O3S2. The van der Waals surface area contributed by atoms with Gasteiger partial charge in [-0.1, -0.05) is 30.3 Å². The number of amides is 1. The summed E-state index contributed by atoms with van der Waals surface area (Å²) < 4.78 is 5.14. The third-order valence-electron chi connectivity index (χ3n) is 3.75. The number of nitrogens with one attached hydrogen (secondary N) is 1. The number of hydrogen-bond acceptors (Lipinski definition) is 6. The Bertz CT molecular complexity index is 1050. The van der Waals surface area contributed by atoms with Gasteiger partial charge in [0.25, 0.3) is 5.91 Å². The van der Waals surface area contributed by atoms with Gasteiger partial charge in [-0.2, -0.15) is 5.26 Å². The monoisotopic (exact) mass is 408 g/mol. The molecule has 2 heterocycles. The molecule has 0 aliphatic heterocycles. The van der Waals surface area contributed by atoms with Crippen molar-refractivity contribution in [3.8, 4) is 16.5 Å². The maximum Gasteiger partial charge on any atom is 0.331 e. The van der Waals surface area contributed by atoms with Crippen molar-refractivity contribution in [1.82, 2.24) is 0 Å². The standard InChI is InChI=1S/C21H16N2O3S2/c1-14(20(25)23-21-16(13-22)11-12-27-21)26-19(24)10-8-17-7-9-18(28-17)15-5-3-2-4-6-15/h2-12,14H,1H3,(H,23,25)/b10-8+. The average Bonchev–Trinajstić information content (AvgIpc) is 3.36. The highest BCUT2D eigenvalue weighted by Crippen LogP contribution is 2.28. The van der Waals surface area contributed by atoms with Crippen LogP contribution in [0, 0.1) is 11.3 Å². The van der Waals surface area contributed by atoms with Crippen LogP contribution < -0.4 is 5.32 Å². The zero-order chi connectivity index (χ0) is 19.9. The van der Waals surface area contributed by atoms with E-state index in [4.69, 9.17) is 10.00 Å². The SMILES string of the molecule is CC(OC(=O)/C=C/c1ccc(-c2ccccc2)s1)C(=O)Nc1sccc1C#N. The van der Waals surface area contributed by atoms with Crippen LogP contribution in [0.1, 0.15) is 17.4 Å². The van der Waals surface area contributed by atoms with Gasteiger partial charge >= 0.3 is 5.97 Å². The number of carbonyl (C=O) groups excluding carboxylic acids is 2. The predicted octanol–water partition coefficient (Wildman–Crippen LogP) is 4.93. The zero-order valence-electron chi connectivity index (χ0n) is 14.9. The molecule has 2 aromatic heterocycles. The molecule has 1 N–H and O–H groups in total. The number of hydrogen-bond donors (Lipinski definition) is 1. The lowest BCUT2D eigenvalue weighted by Gasteiger charge is -2.11. The van der Waals surface area contributed by atoms with Crippen molar-refractivity contribution >= 4 is 45.6 Å². The number of rotatable bonds is 6. The number of nitrogens with zero attached hydrogens (tertiary/aromatic N) is 1. The van der Waals surface area contributed by atoms with E-state index in [0.717, 1.165) is 15.3 Å². The van der Waals surface area contributed by atoms with Gasteiger partial charge in [-0.05, 0) is 42.1 Å². The number of carbonyl (C=O) groups is 2. The summed E-state index contributed by atoms with van der Waals surface area (Å²) in [7, 11) is 0. The maximum absolute atomic E-state index is 12.1. The van der Waals surface area contributed by atoms with E-state index in [0.29, 0.717) is 10.6 Å². The minimum Gasteiger partial charge on any atom is -0.449 e. The van der Waals surface area contributed by atoms with Crippen molar-refractivity contribution in [1.29, 1.82) is 5.26 Å². The van der Waals surface area contributed by atoms with Crippen molar-refractivity contribution in [2.45, 2.75) is 13.0 Å². The third-order valence-corrected chi connectivity index (χ3v) is 5.68. The lowest BCUT2D eigenvalue weighted by molar-refractivity contribution is -0.148. The second kappa shape index (κ2) is 9.13. The van der Waals surface area contributed by atoms with E-state index >= 15 is 0 Å². The van der Waals surface area contributed by atoms with Gasteiger partial charge in [-0.3, -0.25) is 4.79 Å². The maximum atomic E-state index is 12.1. The predicted molar refractivity (Wildman–Crippen MR) is 112 cm³/mol. The first-order valence-corrected chi connectivity index (χ1v) is 10.1. The minimum absolute atomic E-state index is 0.378.